The molecule has 0 amide bonds. The van der Waals surface area contributed by atoms with Gasteiger partial charge in [-0.3, -0.25) is 19.2 Å². The maximum atomic E-state index is 14.1. The highest BCUT2D eigenvalue weighted by Crippen LogP contribution is 2.26. The number of hydrogen-bond acceptors (Lipinski definition) is 8. The predicted octanol–water partition coefficient (Wildman–Crippen LogP) is 4.14. The van der Waals surface area contributed by atoms with Crippen molar-refractivity contribution in [1.29, 1.82) is 0 Å². The number of aromatic nitrogens is 6. The van der Waals surface area contributed by atoms with Crippen LogP contribution in [0.5, 0.6) is 0 Å². The van der Waals surface area contributed by atoms with Crippen LogP contribution in [-0.2, 0) is 0 Å². The number of oxazole rings is 1. The summed E-state index contributed by atoms with van der Waals surface area (Å²) in [5.41, 5.74) is 3.94. The summed E-state index contributed by atoms with van der Waals surface area (Å²) in [6.07, 6.45) is 10.8. The van der Waals surface area contributed by atoms with Crippen LogP contribution < -0.4 is 5.32 Å². The first-order valence-electron chi connectivity index (χ1n) is 9.96. The monoisotopic (exact) mass is 445 g/mol. The number of aldehydes is 1. The van der Waals surface area contributed by atoms with Crippen molar-refractivity contribution in [3.05, 3.63) is 78.5 Å². The lowest BCUT2D eigenvalue weighted by molar-refractivity contribution is 0.109. The third kappa shape index (κ3) is 4.74. The highest BCUT2D eigenvalue weighted by molar-refractivity contribution is 5.71. The molecule has 4 aromatic heterocycles. The molecular formula is C23H20FN7O2. The summed E-state index contributed by atoms with van der Waals surface area (Å²) < 4.78 is 20.8. The van der Waals surface area contributed by atoms with Crippen LogP contribution in [-0.4, -0.2) is 42.7 Å². The Morgan fingerprint density at radius 1 is 1.06 bits per heavy atom. The number of carbonyl (C=O) groups is 1. The second-order valence-electron chi connectivity index (χ2n) is 7.01. The summed E-state index contributed by atoms with van der Waals surface area (Å²) >= 11 is 0. The number of nitrogens with zero attached hydrogens (tertiary/aromatic N) is 6. The summed E-state index contributed by atoms with van der Waals surface area (Å²) in [5.74, 6) is 1.03. The van der Waals surface area contributed by atoms with E-state index in [1.54, 1.807) is 68.4 Å². The minimum atomic E-state index is -0.327. The van der Waals surface area contributed by atoms with Gasteiger partial charge in [-0.1, -0.05) is 0 Å². The highest BCUT2D eigenvalue weighted by atomic mass is 19.1. The SMILES string of the molecule is CNc1ccc(F)c(-c2cn3cc(-c4cnccn4)cnc3n2)c1.Cc1nc(C)c(C=O)o1. The average molecular weight is 445 g/mol. The lowest BCUT2D eigenvalue weighted by atomic mass is 10.1. The van der Waals surface area contributed by atoms with Gasteiger partial charge in [0.25, 0.3) is 0 Å². The molecule has 0 aliphatic carbocycles. The molecule has 0 radical (unpaired) electrons. The molecule has 166 valence electrons. The van der Waals surface area contributed by atoms with Crippen LogP contribution in [0.15, 0.2) is 59.8 Å². The van der Waals surface area contributed by atoms with Gasteiger partial charge >= 0.3 is 0 Å². The molecule has 0 aliphatic rings. The molecule has 0 aliphatic heterocycles. The summed E-state index contributed by atoms with van der Waals surface area (Å²) in [4.78, 5) is 31.0. The Bertz CT molecular complexity index is 1410. The molecular weight excluding hydrogens is 425 g/mol. The van der Waals surface area contributed by atoms with Crippen LogP contribution in [0.4, 0.5) is 10.1 Å². The van der Waals surface area contributed by atoms with Gasteiger partial charge in [-0.25, -0.2) is 19.3 Å². The molecule has 1 N–H and O–H groups in total. The molecule has 4 heterocycles. The number of carbonyl (C=O) groups excluding carboxylic acids is 1. The van der Waals surface area contributed by atoms with Crippen molar-refractivity contribution < 1.29 is 13.6 Å². The van der Waals surface area contributed by atoms with E-state index in [4.69, 9.17) is 4.42 Å². The number of rotatable bonds is 4. The van der Waals surface area contributed by atoms with Gasteiger partial charge in [0.2, 0.25) is 5.78 Å². The fraction of sp³-hybridized carbons (Fsp3) is 0.130. The Labute approximate surface area is 188 Å². The van der Waals surface area contributed by atoms with Gasteiger partial charge in [0, 0.05) is 61.8 Å². The van der Waals surface area contributed by atoms with Gasteiger partial charge in [0.15, 0.2) is 17.9 Å². The molecule has 0 saturated carbocycles. The molecule has 10 heteroatoms. The number of nitrogens with one attached hydrogen (secondary N) is 1. The Morgan fingerprint density at radius 2 is 1.91 bits per heavy atom. The lowest BCUT2D eigenvalue weighted by Gasteiger charge is -2.03. The summed E-state index contributed by atoms with van der Waals surface area (Å²) in [5, 5.41) is 3.00. The third-order valence-electron chi connectivity index (χ3n) is 4.75. The topological polar surface area (TPSA) is 111 Å². The first-order chi connectivity index (χ1) is 16.0. The first kappa shape index (κ1) is 21.8. The number of fused-ring (bicyclic) bond motifs is 1. The van der Waals surface area contributed by atoms with Gasteiger partial charge < -0.3 is 9.73 Å². The number of imidazole rings is 1. The molecule has 1 aromatic carbocycles. The molecule has 5 aromatic rings. The summed E-state index contributed by atoms with van der Waals surface area (Å²) in [6.45, 7) is 3.44. The minimum Gasteiger partial charge on any atom is -0.438 e. The zero-order valence-corrected chi connectivity index (χ0v) is 18.2. The molecule has 9 nitrogen and oxygen atoms in total. The molecule has 5 rings (SSSR count). The average Bonchev–Trinajstić information content (AvgIpc) is 3.41. The summed E-state index contributed by atoms with van der Waals surface area (Å²) in [6, 6.07) is 4.82. The van der Waals surface area contributed by atoms with Crippen molar-refractivity contribution in [2.24, 2.45) is 0 Å². The van der Waals surface area contributed by atoms with Gasteiger partial charge in [-0.15, -0.1) is 0 Å². The maximum Gasteiger partial charge on any atom is 0.234 e. The summed E-state index contributed by atoms with van der Waals surface area (Å²) in [7, 11) is 1.79. The van der Waals surface area contributed by atoms with E-state index in [1.165, 1.54) is 6.07 Å². The zero-order valence-electron chi connectivity index (χ0n) is 18.2. The quantitative estimate of drug-likeness (QED) is 0.411. The molecule has 0 bridgehead atoms. The van der Waals surface area contributed by atoms with E-state index in [0.717, 1.165) is 11.3 Å². The van der Waals surface area contributed by atoms with E-state index in [2.05, 4.69) is 30.2 Å². The second-order valence-corrected chi connectivity index (χ2v) is 7.01. The standard InChI is InChI=1S/C17H13FN6.C6H7NO2/c1-19-12-2-3-14(18)13(6-12)16-10-24-9-11(7-22-17(24)23-16)15-8-20-4-5-21-15;1-4-6(3-8)9-5(2)7-4/h2-10,19H,1H3;3H,1-2H3. The van der Waals surface area contributed by atoms with Crippen LogP contribution in [0, 0.1) is 19.7 Å². The maximum absolute atomic E-state index is 14.1. The van der Waals surface area contributed by atoms with Gasteiger partial charge in [-0.05, 0) is 25.1 Å². The molecule has 0 unspecified atom stereocenters. The second kappa shape index (κ2) is 9.35. The van der Waals surface area contributed by atoms with E-state index < -0.39 is 0 Å². The van der Waals surface area contributed by atoms with Crippen molar-refractivity contribution in [2.75, 3.05) is 12.4 Å². The Balaban J connectivity index is 0.000000243. The van der Waals surface area contributed by atoms with Gasteiger partial charge in [-0.2, -0.15) is 0 Å². The number of anilines is 1. The van der Waals surface area contributed by atoms with Gasteiger partial charge in [0.05, 0.1) is 23.3 Å². The van der Waals surface area contributed by atoms with Crippen molar-refractivity contribution in [3.63, 3.8) is 0 Å². The van der Waals surface area contributed by atoms with Crippen molar-refractivity contribution in [2.45, 2.75) is 13.8 Å². The van der Waals surface area contributed by atoms with E-state index in [9.17, 15) is 9.18 Å². The van der Waals surface area contributed by atoms with Gasteiger partial charge in [0.1, 0.15) is 5.82 Å². The Hall–Kier alpha value is -4.47. The lowest BCUT2D eigenvalue weighted by Crippen LogP contribution is -1.91. The van der Waals surface area contributed by atoms with Crippen molar-refractivity contribution in [3.8, 4) is 22.5 Å². The van der Waals surface area contributed by atoms with Crippen LogP contribution >= 0.6 is 0 Å². The van der Waals surface area contributed by atoms with Crippen LogP contribution in [0.25, 0.3) is 28.3 Å². The predicted molar refractivity (Wildman–Crippen MR) is 120 cm³/mol. The van der Waals surface area contributed by atoms with E-state index in [1.807, 2.05) is 6.20 Å². The molecule has 0 atom stereocenters. The number of benzene rings is 1. The fourth-order valence-corrected chi connectivity index (χ4v) is 3.13. The molecule has 0 saturated heterocycles. The molecule has 0 spiro atoms. The normalized spacial score (nSPS) is 10.5. The first-order valence-corrected chi connectivity index (χ1v) is 9.96. The third-order valence-corrected chi connectivity index (χ3v) is 4.75. The van der Waals surface area contributed by atoms with Crippen LogP contribution in [0.2, 0.25) is 0 Å². The van der Waals surface area contributed by atoms with Crippen LogP contribution in [0.1, 0.15) is 22.1 Å². The molecule has 33 heavy (non-hydrogen) atoms. The number of halogens is 1. The minimum absolute atomic E-state index is 0.326. The van der Waals surface area contributed by atoms with Crippen LogP contribution in [0.3, 0.4) is 0 Å². The van der Waals surface area contributed by atoms with Crippen molar-refractivity contribution in [1.82, 2.24) is 29.3 Å². The smallest absolute Gasteiger partial charge is 0.234 e. The Kier molecular flexibility index (Phi) is 6.16. The Morgan fingerprint density at radius 3 is 2.55 bits per heavy atom. The highest BCUT2D eigenvalue weighted by Gasteiger charge is 2.12. The zero-order chi connectivity index (χ0) is 23.4. The van der Waals surface area contributed by atoms with E-state index in [0.29, 0.717) is 46.4 Å². The van der Waals surface area contributed by atoms with E-state index in [-0.39, 0.29) is 5.82 Å². The number of hydrogen-bond donors (Lipinski definition) is 1. The van der Waals surface area contributed by atoms with Crippen molar-refractivity contribution >= 4 is 17.8 Å². The van der Waals surface area contributed by atoms with E-state index >= 15 is 0 Å². The fourth-order valence-electron chi connectivity index (χ4n) is 3.13. The molecule has 0 fully saturated rings. The largest absolute Gasteiger partial charge is 0.438 e. The number of aryl methyl sites for hydroxylation is 2.